The first-order valence-electron chi connectivity index (χ1n) is 37.3. The molecule has 4 heterocycles. The number of hydrogen-bond acceptors (Lipinski definition) is 19. The topological polar surface area (TPSA) is 284 Å². The average Bonchev–Trinajstić information content (AvgIpc) is 1.37. The van der Waals surface area contributed by atoms with Crippen molar-refractivity contribution in [3.05, 3.63) is 170 Å². The van der Waals surface area contributed by atoms with Crippen LogP contribution >= 0.6 is 34.7 Å². The highest BCUT2D eigenvalue weighted by Gasteiger charge is 2.45. The van der Waals surface area contributed by atoms with Crippen LogP contribution in [0.1, 0.15) is 138 Å². The fourth-order valence-corrected chi connectivity index (χ4v) is 17.8. The molecule has 1 aliphatic carbocycles. The summed E-state index contributed by atoms with van der Waals surface area (Å²) in [7, 11) is -2.65. The van der Waals surface area contributed by atoms with Gasteiger partial charge >= 0.3 is 0 Å². The van der Waals surface area contributed by atoms with E-state index >= 15 is 0 Å². The second-order valence-corrected chi connectivity index (χ2v) is 34.6. The van der Waals surface area contributed by atoms with Crippen LogP contribution in [-0.4, -0.2) is 211 Å². The second kappa shape index (κ2) is 37.6. The largest absolute Gasteiger partial charge is 0.395 e. The molecule has 1 aromatic heterocycles. The van der Waals surface area contributed by atoms with Crippen molar-refractivity contribution in [1.82, 2.24) is 44.8 Å². The maximum Gasteiger partial charge on any atom is 0.293 e. The van der Waals surface area contributed by atoms with E-state index in [1.54, 1.807) is 35.2 Å². The van der Waals surface area contributed by atoms with Gasteiger partial charge in [0, 0.05) is 137 Å². The highest BCUT2D eigenvalue weighted by molar-refractivity contribution is 7.99. The number of likely N-dealkylation sites (tertiary alicyclic amines) is 1. The number of likely N-dealkylation sites (N-methyl/N-ethyl adjacent to an activating group) is 1. The van der Waals surface area contributed by atoms with Crippen LogP contribution in [-0.2, 0) is 29.2 Å². The number of rotatable bonds is 33. The van der Waals surface area contributed by atoms with E-state index in [1.165, 1.54) is 33.7 Å². The highest BCUT2D eigenvalue weighted by atomic mass is 35.5. The number of carbonyl (C=O) groups is 5. The number of β-amino-alcohol motifs (C(OH)–C–C–N with tert-alkyl or cyclic N) is 1. The number of aliphatic hydroxyl groups excluding tert-OH is 2. The number of unbranched alkanes of at least 4 members (excludes halogenated alkanes) is 3. The third kappa shape index (κ3) is 22.7. The minimum Gasteiger partial charge on any atom is -0.395 e. The Morgan fingerprint density at radius 2 is 1.51 bits per heavy atom. The fraction of sp³-hybridized carbons (Fsp3) is 0.500. The third-order valence-electron chi connectivity index (χ3n) is 21.1. The summed E-state index contributed by atoms with van der Waals surface area (Å²) >= 11 is 9.57. The van der Waals surface area contributed by atoms with E-state index in [0.717, 1.165) is 123 Å². The monoisotopic (exact) mass is 1540 g/mol. The molecule has 0 saturated carbocycles. The number of halogens is 1. The van der Waals surface area contributed by atoms with E-state index in [9.17, 15) is 52.7 Å². The number of piperazine rings is 2. The van der Waals surface area contributed by atoms with Crippen LogP contribution in [0.3, 0.4) is 0 Å². The number of thioether (sulfide) groups is 1. The van der Waals surface area contributed by atoms with Gasteiger partial charge in [0.1, 0.15) is 17.8 Å². The van der Waals surface area contributed by atoms with Gasteiger partial charge in [-0.15, -0.1) is 23.1 Å². The van der Waals surface area contributed by atoms with Crippen molar-refractivity contribution in [3.8, 4) is 10.4 Å². The molecule has 3 aliphatic heterocycles. The number of hydrogen-bond donors (Lipinski definition) is 6. The summed E-state index contributed by atoms with van der Waals surface area (Å²) in [6.07, 6.45) is 6.17. The van der Waals surface area contributed by atoms with Gasteiger partial charge in [-0.2, -0.15) is 0 Å². The SMILES string of the molecule is Cc1ncsc1-c1ccc([C@H](C)NC(=O)[C@@H]2C[C@@H](O)CN2C(=O)[C@@H](NC(=O)CCCCCCC(=O)N2CCN(CC3(C)CCC(c4ccc(Cl)cc4)=C(CN4CCN(c5ccc(C(=O)NS(=O)(=O)c6ccc(N[C@H](CCN(C)CCO)CSc7ccccc7)c([N+](=O)[O-])c6)cc5)CC4)C3)CC2)C(C)(C)C)cc1. The second-order valence-electron chi connectivity index (χ2n) is 30.5. The van der Waals surface area contributed by atoms with Gasteiger partial charge in [0.2, 0.25) is 23.6 Å². The number of nitro benzene ring substituents is 1. The van der Waals surface area contributed by atoms with Crippen molar-refractivity contribution in [3.63, 3.8) is 0 Å². The lowest BCUT2D eigenvalue weighted by atomic mass is 9.71. The minimum absolute atomic E-state index is 0.00662. The molecule has 4 aliphatic rings. The van der Waals surface area contributed by atoms with E-state index in [-0.39, 0.29) is 72.5 Å². The quantitative estimate of drug-likeness (QED) is 0.00966. The zero-order valence-electron chi connectivity index (χ0n) is 62.6. The first-order chi connectivity index (χ1) is 51.1. The van der Waals surface area contributed by atoms with Crippen LogP contribution in [0, 0.1) is 27.9 Å². The van der Waals surface area contributed by atoms with E-state index < -0.39 is 60.9 Å². The molecule has 5 amide bonds. The predicted octanol–water partition coefficient (Wildman–Crippen LogP) is 11.3. The molecule has 6 atom stereocenters. The summed E-state index contributed by atoms with van der Waals surface area (Å²) in [5.41, 5.74) is 8.71. The first-order valence-corrected chi connectivity index (χ1v) is 41.1. The Balaban J connectivity index is 0.649. The third-order valence-corrected chi connectivity index (χ3v) is 24.8. The number of anilines is 2. The Morgan fingerprint density at radius 3 is 2.17 bits per heavy atom. The smallest absolute Gasteiger partial charge is 0.293 e. The van der Waals surface area contributed by atoms with E-state index in [0.29, 0.717) is 62.6 Å². The molecule has 107 heavy (non-hydrogen) atoms. The lowest BCUT2D eigenvalue weighted by molar-refractivity contribution is -0.384. The van der Waals surface area contributed by atoms with Gasteiger partial charge in [0.05, 0.1) is 44.7 Å². The van der Waals surface area contributed by atoms with Gasteiger partial charge in [-0.25, -0.2) is 18.1 Å². The maximum absolute atomic E-state index is 14.3. The summed E-state index contributed by atoms with van der Waals surface area (Å²) in [6.45, 7) is 20.6. The Hall–Kier alpha value is -7.79. The van der Waals surface area contributed by atoms with Crippen LogP contribution in [0.2, 0.25) is 5.02 Å². The number of amides is 5. The van der Waals surface area contributed by atoms with Crippen LogP contribution in [0.25, 0.3) is 16.0 Å². The summed E-state index contributed by atoms with van der Waals surface area (Å²) < 4.78 is 29.5. The van der Waals surface area contributed by atoms with Crippen molar-refractivity contribution in [1.29, 1.82) is 0 Å². The molecule has 0 spiro atoms. The molecule has 23 nitrogen and oxygen atoms in total. The number of thiazole rings is 1. The van der Waals surface area contributed by atoms with Gasteiger partial charge in [0.15, 0.2) is 0 Å². The number of benzene rings is 5. The normalized spacial score (nSPS) is 19.1. The maximum atomic E-state index is 14.3. The Bertz CT molecular complexity index is 4170. The number of carbonyl (C=O) groups excluding carboxylic acids is 5. The fourth-order valence-electron chi connectivity index (χ4n) is 14.9. The number of aliphatic hydroxyl groups is 2. The standard InChI is InChI=1S/C80H105ClN12O11S3/c1-55(57-19-21-59(22-20-57)74-56(2)82-54-106-74)83-77(99)71-47-65(95)51-92(71)78(100)75(79(3,4)5)85-72(96)17-13-8-9-14-18-73(97)91-43-39-89(40-44-91)53-80(6)35-33-68(58-23-27-62(81)28-24-58)61(49-80)50-88-37-41-90(42-38-88)64-29-25-60(26-30-64)76(98)86-107(103,104)67-31-32-69(70(48-67)93(101)102)84-63(34-36-87(7)45-46-94)52-105-66-15-11-10-12-16-66/h10-12,15-16,19-32,48,54-55,63,65,71,75,84,94-95H,8-9,13-14,17-18,33-47,49-53H2,1-7H3,(H,83,99)(H,85,96)(H,86,98)/t55-,63+,65+,71-,75+,80?/m0/s1. The van der Waals surface area contributed by atoms with E-state index in [4.69, 9.17) is 11.6 Å². The van der Waals surface area contributed by atoms with Gasteiger partial charge in [0.25, 0.3) is 21.6 Å². The minimum atomic E-state index is -4.53. The lowest BCUT2D eigenvalue weighted by Crippen LogP contribution is -2.57. The van der Waals surface area contributed by atoms with Gasteiger partial charge in [-0.3, -0.25) is 43.9 Å². The van der Waals surface area contributed by atoms with Crippen molar-refractivity contribution >= 4 is 96.9 Å². The molecule has 3 fully saturated rings. The number of nitrogens with zero attached hydrogens (tertiary/aromatic N) is 8. The molecule has 5 aromatic carbocycles. The average molecular weight is 1540 g/mol. The van der Waals surface area contributed by atoms with Gasteiger partial charge in [-0.05, 0) is 160 Å². The number of allylic oxidation sites excluding steroid dienone is 1. The number of sulfonamides is 1. The number of nitro groups is 1. The van der Waals surface area contributed by atoms with Crippen LogP contribution in [0.5, 0.6) is 0 Å². The number of nitrogens with one attached hydrogen (secondary N) is 4. The van der Waals surface area contributed by atoms with Crippen molar-refractivity contribution in [2.75, 3.05) is 115 Å². The van der Waals surface area contributed by atoms with E-state index in [1.807, 2.05) is 136 Å². The molecule has 3 saturated heterocycles. The number of aryl methyl sites for hydroxylation is 1. The summed E-state index contributed by atoms with van der Waals surface area (Å²) in [5, 5.41) is 42.7. The Kier molecular flexibility index (Phi) is 28.7. The molecule has 10 rings (SSSR count). The zero-order chi connectivity index (χ0) is 76.6. The van der Waals surface area contributed by atoms with Gasteiger partial charge < -0.3 is 45.8 Å². The first kappa shape index (κ1) is 81.7. The van der Waals surface area contributed by atoms with E-state index in [2.05, 4.69) is 59.4 Å². The molecular formula is C80H105ClN12O11S3. The summed E-state index contributed by atoms with van der Waals surface area (Å²) in [4.78, 5) is 99.3. The summed E-state index contributed by atoms with van der Waals surface area (Å²) in [6, 6.07) is 33.8. The summed E-state index contributed by atoms with van der Waals surface area (Å²) in [5.74, 6) is -1.18. The van der Waals surface area contributed by atoms with Crippen molar-refractivity contribution < 1.29 is 47.5 Å². The molecule has 0 bridgehead atoms. The highest BCUT2D eigenvalue weighted by Crippen LogP contribution is 2.44. The molecular weight excluding hydrogens is 1440 g/mol. The zero-order valence-corrected chi connectivity index (χ0v) is 65.9. The predicted molar refractivity (Wildman–Crippen MR) is 424 cm³/mol. The molecule has 27 heteroatoms. The molecule has 6 N–H and O–H groups in total. The molecule has 6 aromatic rings. The van der Waals surface area contributed by atoms with Crippen LogP contribution in [0.4, 0.5) is 17.1 Å². The van der Waals surface area contributed by atoms with Gasteiger partial charge in [-0.1, -0.05) is 112 Å². The Morgan fingerprint density at radius 1 is 0.841 bits per heavy atom. The van der Waals surface area contributed by atoms with Crippen LogP contribution < -0.4 is 25.6 Å². The molecule has 0 radical (unpaired) electrons. The van der Waals surface area contributed by atoms with Crippen molar-refractivity contribution in [2.45, 2.75) is 152 Å². The van der Waals surface area contributed by atoms with Crippen LogP contribution in [0.15, 0.2) is 142 Å². The number of aromatic nitrogens is 1. The lowest BCUT2D eigenvalue weighted by Gasteiger charge is -2.44. The van der Waals surface area contributed by atoms with Crippen molar-refractivity contribution in [2.24, 2.45) is 10.8 Å². The molecule has 576 valence electrons. The molecule has 1 unspecified atom stereocenters. The Labute approximate surface area is 643 Å².